The van der Waals surface area contributed by atoms with Crippen LogP contribution in [0.15, 0.2) is 24.3 Å². The summed E-state index contributed by atoms with van der Waals surface area (Å²) in [6, 6.07) is 0. The van der Waals surface area contributed by atoms with Crippen molar-refractivity contribution < 1.29 is 80.2 Å². The van der Waals surface area contributed by atoms with Crippen LogP contribution in [-0.4, -0.2) is 96.7 Å². The summed E-state index contributed by atoms with van der Waals surface area (Å²) >= 11 is 0. The molecular weight excluding hydrogens is 1270 g/mol. The molecule has 0 heterocycles. The lowest BCUT2D eigenvalue weighted by Gasteiger charge is -2.21. The molecule has 17 nitrogen and oxygen atoms in total. The van der Waals surface area contributed by atoms with Gasteiger partial charge in [-0.1, -0.05) is 335 Å². The van der Waals surface area contributed by atoms with Crippen molar-refractivity contribution in [2.24, 2.45) is 5.92 Å². The van der Waals surface area contributed by atoms with E-state index in [2.05, 4.69) is 58.9 Å². The first kappa shape index (κ1) is 94.5. The molecule has 0 aliphatic heterocycles. The number of esters is 4. The zero-order valence-corrected chi connectivity index (χ0v) is 64.5. The van der Waals surface area contributed by atoms with Gasteiger partial charge in [-0.25, -0.2) is 9.13 Å². The molecule has 0 bridgehead atoms. The van der Waals surface area contributed by atoms with E-state index in [-0.39, 0.29) is 25.7 Å². The van der Waals surface area contributed by atoms with E-state index < -0.39 is 97.5 Å². The highest BCUT2D eigenvalue weighted by atomic mass is 31.2. The number of allylic oxidation sites excluding steroid dienone is 4. The average Bonchev–Trinajstić information content (AvgIpc) is 1.80. The number of hydrogen-bond acceptors (Lipinski definition) is 15. The quantitative estimate of drug-likeness (QED) is 0.0169. The van der Waals surface area contributed by atoms with Gasteiger partial charge >= 0.3 is 39.5 Å². The molecule has 19 heteroatoms. The molecule has 0 amide bonds. The Bertz CT molecular complexity index is 1950. The summed E-state index contributed by atoms with van der Waals surface area (Å²) in [7, 11) is -9.92. The molecular formula is C78H148O17P2. The Morgan fingerprint density at radius 3 is 0.845 bits per heavy atom. The SMILES string of the molecule is CCCCCC/C=C\C=C/CCCCCCCC(=O)OC[C@H](COP(=O)(O)OC[C@@H](O)COP(=O)(O)OC[C@@H](COC(=O)CCCCCCCCCCCC)OC(=O)CCCCCCCCCCCCC)OC(=O)CCCCCCCCCCCCCCCCCCCCC(C)C. The highest BCUT2D eigenvalue weighted by molar-refractivity contribution is 7.47. The van der Waals surface area contributed by atoms with E-state index >= 15 is 0 Å². The van der Waals surface area contributed by atoms with Crippen LogP contribution in [0.2, 0.25) is 0 Å². The standard InChI is InChI=1S/C78H148O17P2/c1-6-9-12-15-18-21-24-25-30-34-38-42-47-52-57-62-76(81)89-68-74(95-78(83)64-59-54-49-44-39-35-32-29-27-26-28-31-33-37-40-45-50-55-60-71(4)5)70-93-97(86,87)91-66-72(79)65-90-96(84,85)92-69-73(67-88-75(80)61-56-51-46-41-23-20-17-14-11-8-3)94-77(82)63-58-53-48-43-36-22-19-16-13-10-7-2/h21,24-25,30,71-74,79H,6-20,22-23,26-29,31-70H2,1-5H3,(H,84,85)(H,86,87)/b24-21-,30-25-/t72-,73+,74+/m0/s1. The maximum absolute atomic E-state index is 13.1. The van der Waals surface area contributed by atoms with Crippen LogP contribution in [0.1, 0.15) is 388 Å². The Morgan fingerprint density at radius 2 is 0.557 bits per heavy atom. The minimum absolute atomic E-state index is 0.102. The zero-order valence-electron chi connectivity index (χ0n) is 62.7. The topological polar surface area (TPSA) is 237 Å². The summed E-state index contributed by atoms with van der Waals surface area (Å²) in [6.45, 7) is 7.26. The minimum Gasteiger partial charge on any atom is -0.462 e. The average molecular weight is 1420 g/mol. The maximum Gasteiger partial charge on any atom is 0.472 e. The van der Waals surface area contributed by atoms with Crippen molar-refractivity contribution in [3.8, 4) is 0 Å². The lowest BCUT2D eigenvalue weighted by Crippen LogP contribution is -2.30. The predicted octanol–water partition coefficient (Wildman–Crippen LogP) is 22.8. The maximum atomic E-state index is 13.1. The smallest absolute Gasteiger partial charge is 0.462 e. The number of ether oxygens (including phenoxy) is 4. The fourth-order valence-corrected chi connectivity index (χ4v) is 13.1. The number of hydrogen-bond donors (Lipinski definition) is 3. The van der Waals surface area contributed by atoms with Crippen LogP contribution in [0, 0.1) is 5.92 Å². The largest absolute Gasteiger partial charge is 0.472 e. The number of unbranched alkanes of at least 4 members (excludes halogenated alkanes) is 45. The van der Waals surface area contributed by atoms with Gasteiger partial charge < -0.3 is 33.8 Å². The van der Waals surface area contributed by atoms with Gasteiger partial charge in [-0.15, -0.1) is 0 Å². The third-order valence-electron chi connectivity index (χ3n) is 17.7. The van der Waals surface area contributed by atoms with Crippen molar-refractivity contribution in [1.82, 2.24) is 0 Å². The van der Waals surface area contributed by atoms with Crippen molar-refractivity contribution in [1.29, 1.82) is 0 Å². The lowest BCUT2D eigenvalue weighted by atomic mass is 10.0. The first-order valence-corrected chi connectivity index (χ1v) is 42.9. The van der Waals surface area contributed by atoms with Crippen LogP contribution >= 0.6 is 15.6 Å². The molecule has 2 unspecified atom stereocenters. The highest BCUT2D eigenvalue weighted by Gasteiger charge is 2.30. The van der Waals surface area contributed by atoms with Gasteiger partial charge in [0.1, 0.15) is 19.3 Å². The summed E-state index contributed by atoms with van der Waals surface area (Å²) in [5.74, 6) is -1.32. The van der Waals surface area contributed by atoms with Gasteiger partial charge in [-0.3, -0.25) is 37.3 Å². The Hall–Kier alpha value is -2.46. The van der Waals surface area contributed by atoms with E-state index in [1.54, 1.807) is 0 Å². The second-order valence-corrected chi connectivity index (χ2v) is 30.8. The van der Waals surface area contributed by atoms with Crippen LogP contribution in [0.5, 0.6) is 0 Å². The number of phosphoric acid groups is 2. The molecule has 0 aliphatic carbocycles. The van der Waals surface area contributed by atoms with Gasteiger partial charge in [0.15, 0.2) is 12.2 Å². The van der Waals surface area contributed by atoms with E-state index in [9.17, 15) is 43.2 Å². The van der Waals surface area contributed by atoms with Crippen LogP contribution < -0.4 is 0 Å². The normalized spacial score (nSPS) is 14.1. The molecule has 0 fully saturated rings. The van der Waals surface area contributed by atoms with Gasteiger partial charge in [-0.2, -0.15) is 0 Å². The second-order valence-electron chi connectivity index (χ2n) is 27.9. The number of aliphatic hydroxyl groups is 1. The number of carbonyl (C=O) groups is 4. The van der Waals surface area contributed by atoms with Crippen molar-refractivity contribution >= 4 is 39.5 Å². The van der Waals surface area contributed by atoms with Crippen molar-refractivity contribution in [2.45, 2.75) is 406 Å². The molecule has 572 valence electrons. The Kier molecular flexibility index (Phi) is 68.8. The van der Waals surface area contributed by atoms with E-state index in [0.29, 0.717) is 25.7 Å². The zero-order chi connectivity index (χ0) is 71.2. The molecule has 0 saturated carbocycles. The van der Waals surface area contributed by atoms with Crippen LogP contribution in [0.4, 0.5) is 0 Å². The fraction of sp³-hybridized carbons (Fsp3) is 0.897. The number of rotatable bonds is 76. The molecule has 0 spiro atoms. The van der Waals surface area contributed by atoms with E-state index in [4.69, 9.17) is 37.0 Å². The number of aliphatic hydroxyl groups excluding tert-OH is 1. The summed E-state index contributed by atoms with van der Waals surface area (Å²) in [4.78, 5) is 72.8. The summed E-state index contributed by atoms with van der Waals surface area (Å²) < 4.78 is 68.5. The molecule has 0 aromatic rings. The molecule has 0 saturated heterocycles. The lowest BCUT2D eigenvalue weighted by molar-refractivity contribution is -0.161. The highest BCUT2D eigenvalue weighted by Crippen LogP contribution is 2.45. The fourth-order valence-electron chi connectivity index (χ4n) is 11.5. The third kappa shape index (κ3) is 71.7. The van der Waals surface area contributed by atoms with Crippen molar-refractivity contribution in [2.75, 3.05) is 39.6 Å². The second kappa shape index (κ2) is 70.6. The molecule has 0 rings (SSSR count). The molecule has 97 heavy (non-hydrogen) atoms. The monoisotopic (exact) mass is 1420 g/mol. The van der Waals surface area contributed by atoms with Crippen LogP contribution in [0.25, 0.3) is 0 Å². The van der Waals surface area contributed by atoms with Crippen molar-refractivity contribution in [3.05, 3.63) is 24.3 Å². The van der Waals surface area contributed by atoms with Gasteiger partial charge in [0.25, 0.3) is 0 Å². The minimum atomic E-state index is -4.97. The van der Waals surface area contributed by atoms with Crippen LogP contribution in [0.3, 0.4) is 0 Å². The molecule has 0 aliphatic rings. The molecule has 3 N–H and O–H groups in total. The van der Waals surface area contributed by atoms with E-state index in [0.717, 1.165) is 115 Å². The van der Waals surface area contributed by atoms with Crippen molar-refractivity contribution in [3.63, 3.8) is 0 Å². The van der Waals surface area contributed by atoms with Gasteiger partial charge in [0.05, 0.1) is 26.4 Å². The van der Waals surface area contributed by atoms with E-state index in [1.165, 1.54) is 193 Å². The van der Waals surface area contributed by atoms with E-state index in [1.807, 2.05) is 0 Å². The molecule has 0 aromatic carbocycles. The van der Waals surface area contributed by atoms with Gasteiger partial charge in [0, 0.05) is 25.7 Å². The summed E-state index contributed by atoms with van der Waals surface area (Å²) in [5.41, 5.74) is 0. The Labute approximate surface area is 592 Å². The number of phosphoric ester groups is 2. The first-order valence-electron chi connectivity index (χ1n) is 40.0. The number of carbonyl (C=O) groups excluding carboxylic acids is 4. The Balaban J connectivity index is 5.23. The third-order valence-corrected chi connectivity index (χ3v) is 19.6. The first-order chi connectivity index (χ1) is 47.0. The molecule has 5 atom stereocenters. The summed E-state index contributed by atoms with van der Waals surface area (Å²) in [5, 5.41) is 10.6. The summed E-state index contributed by atoms with van der Waals surface area (Å²) in [6.07, 6.45) is 63.2. The predicted molar refractivity (Wildman–Crippen MR) is 395 cm³/mol. The van der Waals surface area contributed by atoms with Gasteiger partial charge in [0.2, 0.25) is 0 Å². The molecule has 0 radical (unpaired) electrons. The van der Waals surface area contributed by atoms with Gasteiger partial charge in [-0.05, 0) is 57.3 Å². The Morgan fingerprint density at radius 1 is 0.320 bits per heavy atom. The molecule has 0 aromatic heterocycles. The van der Waals surface area contributed by atoms with Crippen LogP contribution in [-0.2, 0) is 65.4 Å².